The first-order valence-corrected chi connectivity index (χ1v) is 10.7. The van der Waals surface area contributed by atoms with Crippen molar-refractivity contribution in [2.45, 2.75) is 13.5 Å². The maximum atomic E-state index is 6.22. The van der Waals surface area contributed by atoms with E-state index in [-0.39, 0.29) is 6.61 Å². The van der Waals surface area contributed by atoms with Crippen LogP contribution < -0.4 is 20.2 Å². The molecule has 0 fully saturated rings. The summed E-state index contributed by atoms with van der Waals surface area (Å²) in [6.07, 6.45) is 1.65. The van der Waals surface area contributed by atoms with Crippen LogP contribution in [0.4, 0.5) is 5.69 Å². The summed E-state index contributed by atoms with van der Waals surface area (Å²) in [4.78, 5) is 0. The number of nitrogens with zero attached hydrogens (tertiary/aromatic N) is 1. The van der Waals surface area contributed by atoms with Gasteiger partial charge in [-0.2, -0.15) is 5.10 Å². The number of benzene rings is 3. The highest BCUT2D eigenvalue weighted by molar-refractivity contribution is 7.80. The predicted octanol–water partition coefficient (Wildman–Crippen LogP) is 6.29. The molecule has 5 nitrogen and oxygen atoms in total. The van der Waals surface area contributed by atoms with E-state index in [9.17, 15) is 0 Å². The lowest BCUT2D eigenvalue weighted by Crippen LogP contribution is -2.23. The minimum absolute atomic E-state index is 0.229. The van der Waals surface area contributed by atoms with Crippen molar-refractivity contribution in [1.82, 2.24) is 5.43 Å². The monoisotopic (exact) mass is 473 g/mol. The fraction of sp³-hybridized carbons (Fsp3) is 0.130. The summed E-state index contributed by atoms with van der Waals surface area (Å²) in [6.45, 7) is 2.63. The fourth-order valence-electron chi connectivity index (χ4n) is 2.66. The van der Waals surface area contributed by atoms with E-state index in [1.54, 1.807) is 24.4 Å². The number of thiocarbonyl (C=S) groups is 1. The minimum atomic E-state index is 0.229. The summed E-state index contributed by atoms with van der Waals surface area (Å²) < 4.78 is 11.6. The smallest absolute Gasteiger partial charge is 0.191 e. The standard InChI is InChI=1S/C23H21Cl2N3O2S/c1-2-29-22-13-16(14-26-28-23(31)27-17-7-4-3-5-8-17)11-12-21(22)30-15-18-19(24)9-6-10-20(18)25/h3-14H,2,15H2,1H3,(H2,27,28,31)/b26-14-. The van der Waals surface area contributed by atoms with Gasteiger partial charge in [0, 0.05) is 21.3 Å². The quantitative estimate of drug-likeness (QED) is 0.228. The lowest BCUT2D eigenvalue weighted by Gasteiger charge is -2.14. The molecule has 0 unspecified atom stereocenters. The molecular formula is C23H21Cl2N3O2S. The van der Waals surface area contributed by atoms with Gasteiger partial charge in [0.05, 0.1) is 12.8 Å². The number of anilines is 1. The molecule has 0 aliphatic heterocycles. The second-order valence-electron chi connectivity index (χ2n) is 6.32. The van der Waals surface area contributed by atoms with Crippen molar-refractivity contribution in [1.29, 1.82) is 0 Å². The number of rotatable bonds is 8. The van der Waals surface area contributed by atoms with Crippen molar-refractivity contribution in [2.24, 2.45) is 5.10 Å². The van der Waals surface area contributed by atoms with Crippen molar-refractivity contribution in [3.63, 3.8) is 0 Å². The topological polar surface area (TPSA) is 54.9 Å². The fourth-order valence-corrected chi connectivity index (χ4v) is 3.34. The summed E-state index contributed by atoms with van der Waals surface area (Å²) in [5.41, 5.74) is 5.22. The lowest BCUT2D eigenvalue weighted by atomic mass is 10.2. The summed E-state index contributed by atoms with van der Waals surface area (Å²) in [5, 5.41) is 8.73. The number of halogens is 2. The van der Waals surface area contributed by atoms with Crippen molar-refractivity contribution in [3.8, 4) is 11.5 Å². The van der Waals surface area contributed by atoms with E-state index in [2.05, 4.69) is 15.8 Å². The van der Waals surface area contributed by atoms with Gasteiger partial charge >= 0.3 is 0 Å². The molecule has 0 aromatic heterocycles. The summed E-state index contributed by atoms with van der Waals surface area (Å²) in [7, 11) is 0. The van der Waals surface area contributed by atoms with E-state index in [4.69, 9.17) is 44.9 Å². The Morgan fingerprint density at radius 2 is 1.71 bits per heavy atom. The molecule has 3 aromatic carbocycles. The van der Waals surface area contributed by atoms with Gasteiger partial charge in [0.1, 0.15) is 6.61 Å². The molecule has 3 aromatic rings. The van der Waals surface area contributed by atoms with E-state index in [0.29, 0.717) is 33.3 Å². The number of hydrogen-bond acceptors (Lipinski definition) is 4. The highest BCUT2D eigenvalue weighted by Crippen LogP contribution is 2.31. The van der Waals surface area contributed by atoms with Gasteiger partial charge < -0.3 is 14.8 Å². The van der Waals surface area contributed by atoms with Crippen LogP contribution in [0.25, 0.3) is 0 Å². The first kappa shape index (κ1) is 22.9. The molecule has 0 aliphatic rings. The van der Waals surface area contributed by atoms with Crippen LogP contribution in [-0.4, -0.2) is 17.9 Å². The number of hydrazone groups is 1. The molecule has 0 radical (unpaired) electrons. The summed E-state index contributed by atoms with van der Waals surface area (Å²) >= 11 is 17.7. The maximum Gasteiger partial charge on any atom is 0.191 e. The molecule has 0 aliphatic carbocycles. The molecule has 0 bridgehead atoms. The van der Waals surface area contributed by atoms with Gasteiger partial charge in [-0.1, -0.05) is 47.5 Å². The van der Waals surface area contributed by atoms with E-state index in [1.165, 1.54) is 0 Å². The Balaban J connectivity index is 1.64. The van der Waals surface area contributed by atoms with Crippen LogP contribution in [0, 0.1) is 0 Å². The van der Waals surface area contributed by atoms with Gasteiger partial charge in [-0.25, -0.2) is 0 Å². The Labute approximate surface area is 197 Å². The molecule has 0 heterocycles. The Bertz CT molecular complexity index is 1040. The minimum Gasteiger partial charge on any atom is -0.490 e. The van der Waals surface area contributed by atoms with E-state index in [0.717, 1.165) is 16.8 Å². The second kappa shape index (κ2) is 11.6. The van der Waals surface area contributed by atoms with Gasteiger partial charge in [0.2, 0.25) is 0 Å². The molecule has 0 amide bonds. The zero-order chi connectivity index (χ0) is 22.1. The number of ether oxygens (including phenoxy) is 2. The number of nitrogens with one attached hydrogen (secondary N) is 2. The van der Waals surface area contributed by atoms with Crippen LogP contribution in [0.1, 0.15) is 18.1 Å². The van der Waals surface area contributed by atoms with Crippen molar-refractivity contribution >= 4 is 52.4 Å². The largest absolute Gasteiger partial charge is 0.490 e. The third-order valence-electron chi connectivity index (χ3n) is 4.11. The van der Waals surface area contributed by atoms with Crippen LogP contribution in [0.15, 0.2) is 71.8 Å². The molecule has 31 heavy (non-hydrogen) atoms. The van der Waals surface area contributed by atoms with Gasteiger partial charge in [0.15, 0.2) is 16.6 Å². The Morgan fingerprint density at radius 1 is 0.968 bits per heavy atom. The highest BCUT2D eigenvalue weighted by atomic mass is 35.5. The van der Waals surface area contributed by atoms with E-state index in [1.807, 2.05) is 55.5 Å². The molecule has 0 spiro atoms. The first-order valence-electron chi connectivity index (χ1n) is 9.54. The maximum absolute atomic E-state index is 6.22. The molecule has 0 saturated heterocycles. The van der Waals surface area contributed by atoms with Crippen molar-refractivity contribution < 1.29 is 9.47 Å². The molecule has 0 atom stereocenters. The Kier molecular flexibility index (Phi) is 8.53. The normalized spacial score (nSPS) is 10.7. The molecular weight excluding hydrogens is 453 g/mol. The molecule has 2 N–H and O–H groups in total. The van der Waals surface area contributed by atoms with Crippen LogP contribution in [0.5, 0.6) is 11.5 Å². The average Bonchev–Trinajstić information content (AvgIpc) is 2.75. The lowest BCUT2D eigenvalue weighted by molar-refractivity contribution is 0.269. The van der Waals surface area contributed by atoms with Gasteiger partial charge in [-0.3, -0.25) is 5.43 Å². The third kappa shape index (κ3) is 6.85. The predicted molar refractivity (Wildman–Crippen MR) is 132 cm³/mol. The van der Waals surface area contributed by atoms with Crippen molar-refractivity contribution in [3.05, 3.63) is 87.9 Å². The van der Waals surface area contributed by atoms with Gasteiger partial charge in [0.25, 0.3) is 0 Å². The third-order valence-corrected chi connectivity index (χ3v) is 5.01. The molecule has 3 rings (SSSR count). The first-order chi connectivity index (χ1) is 15.1. The van der Waals surface area contributed by atoms with Gasteiger partial charge in [-0.15, -0.1) is 0 Å². The van der Waals surface area contributed by atoms with Gasteiger partial charge in [-0.05, 0) is 67.2 Å². The molecule has 8 heteroatoms. The van der Waals surface area contributed by atoms with Crippen LogP contribution in [0.2, 0.25) is 10.0 Å². The summed E-state index contributed by atoms with van der Waals surface area (Å²) in [6, 6.07) is 20.5. The SMILES string of the molecule is CCOc1cc(/C=N\NC(=S)Nc2ccccc2)ccc1OCc1c(Cl)cccc1Cl. The van der Waals surface area contributed by atoms with Crippen molar-refractivity contribution in [2.75, 3.05) is 11.9 Å². The van der Waals surface area contributed by atoms with Crippen LogP contribution in [0.3, 0.4) is 0 Å². The average molecular weight is 474 g/mol. The second-order valence-corrected chi connectivity index (χ2v) is 7.54. The van der Waals surface area contributed by atoms with Crippen LogP contribution >= 0.6 is 35.4 Å². The zero-order valence-corrected chi connectivity index (χ0v) is 19.1. The molecule has 160 valence electrons. The number of para-hydroxylation sites is 1. The van der Waals surface area contributed by atoms with E-state index >= 15 is 0 Å². The van der Waals surface area contributed by atoms with E-state index < -0.39 is 0 Å². The Morgan fingerprint density at radius 3 is 2.42 bits per heavy atom. The Hall–Kier alpha value is -2.80. The van der Waals surface area contributed by atoms with Crippen LogP contribution in [-0.2, 0) is 6.61 Å². The molecule has 0 saturated carbocycles. The summed E-state index contributed by atoms with van der Waals surface area (Å²) in [5.74, 6) is 1.18. The number of hydrogen-bond donors (Lipinski definition) is 2. The zero-order valence-electron chi connectivity index (χ0n) is 16.8. The highest BCUT2D eigenvalue weighted by Gasteiger charge is 2.10.